The van der Waals surface area contributed by atoms with Crippen LogP contribution in [0.25, 0.3) is 11.4 Å². The maximum Gasteiger partial charge on any atom is 0.142 e. The number of hydrogen-bond acceptors (Lipinski definition) is 1. The molecule has 4 heteroatoms. The van der Waals surface area contributed by atoms with Crippen LogP contribution in [-0.2, 0) is 0 Å². The predicted octanol–water partition coefficient (Wildman–Crippen LogP) is 2.87. The number of hydrogen-bond donors (Lipinski definition) is 1. The van der Waals surface area contributed by atoms with Crippen LogP contribution >= 0.6 is 11.6 Å². The molecule has 2 nitrogen and oxygen atoms in total. The number of H-pyrrole nitrogens is 1. The zero-order valence-electron chi connectivity index (χ0n) is 6.59. The first-order valence-electron chi connectivity index (χ1n) is 3.73. The average Bonchev–Trinajstić information content (AvgIpc) is 2.62. The molecule has 0 amide bonds. The number of benzene rings is 1. The molecule has 0 aliphatic rings. The maximum absolute atomic E-state index is 13.0. The molecule has 0 spiro atoms. The number of imidazole rings is 1. The molecule has 1 heterocycles. The Kier molecular flexibility index (Phi) is 2.02. The Morgan fingerprint density at radius 3 is 2.92 bits per heavy atom. The van der Waals surface area contributed by atoms with Gasteiger partial charge in [0, 0.05) is 18.0 Å². The lowest BCUT2D eigenvalue weighted by Crippen LogP contribution is -1.84. The molecular formula is C9H6ClFN2. The van der Waals surface area contributed by atoms with E-state index in [1.807, 2.05) is 0 Å². The summed E-state index contributed by atoms with van der Waals surface area (Å²) in [6.45, 7) is 0. The van der Waals surface area contributed by atoms with E-state index in [1.165, 1.54) is 6.07 Å². The Balaban J connectivity index is 2.59. The number of nitrogens with one attached hydrogen (secondary N) is 1. The molecule has 0 unspecified atom stereocenters. The van der Waals surface area contributed by atoms with Gasteiger partial charge in [-0.25, -0.2) is 9.37 Å². The Morgan fingerprint density at radius 1 is 1.38 bits per heavy atom. The summed E-state index contributed by atoms with van der Waals surface area (Å²) in [5.41, 5.74) is 0.576. The van der Waals surface area contributed by atoms with E-state index in [2.05, 4.69) is 9.97 Å². The van der Waals surface area contributed by atoms with E-state index in [0.29, 0.717) is 11.4 Å². The number of rotatable bonds is 1. The van der Waals surface area contributed by atoms with Crippen LogP contribution in [-0.4, -0.2) is 9.97 Å². The van der Waals surface area contributed by atoms with Gasteiger partial charge in [-0.2, -0.15) is 0 Å². The first-order chi connectivity index (χ1) is 6.29. The van der Waals surface area contributed by atoms with Gasteiger partial charge in [-0.15, -0.1) is 0 Å². The second kappa shape index (κ2) is 3.18. The lowest BCUT2D eigenvalue weighted by molar-refractivity contribution is 0.628. The molecule has 0 atom stereocenters. The summed E-state index contributed by atoms with van der Waals surface area (Å²) in [5.74, 6) is 0.139. The average molecular weight is 197 g/mol. The molecule has 0 saturated heterocycles. The van der Waals surface area contributed by atoms with Crippen LogP contribution in [0.2, 0.25) is 5.02 Å². The quantitative estimate of drug-likeness (QED) is 0.747. The van der Waals surface area contributed by atoms with Crippen molar-refractivity contribution in [3.8, 4) is 11.4 Å². The van der Waals surface area contributed by atoms with E-state index in [4.69, 9.17) is 11.6 Å². The molecule has 0 aliphatic heterocycles. The van der Waals surface area contributed by atoms with Crippen molar-refractivity contribution >= 4 is 11.6 Å². The first-order valence-corrected chi connectivity index (χ1v) is 4.10. The van der Waals surface area contributed by atoms with Crippen molar-refractivity contribution in [3.63, 3.8) is 0 Å². The van der Waals surface area contributed by atoms with Crippen molar-refractivity contribution in [3.05, 3.63) is 41.4 Å². The lowest BCUT2D eigenvalue weighted by atomic mass is 10.2. The molecule has 0 bridgehead atoms. The van der Waals surface area contributed by atoms with Gasteiger partial charge < -0.3 is 4.98 Å². The number of nitrogens with zero attached hydrogens (tertiary/aromatic N) is 1. The van der Waals surface area contributed by atoms with Gasteiger partial charge in [-0.1, -0.05) is 17.7 Å². The minimum Gasteiger partial charge on any atom is -0.345 e. The Labute approximate surface area is 79.4 Å². The SMILES string of the molecule is Fc1cccc(-c2ncc[nH]2)c1Cl. The second-order valence-electron chi connectivity index (χ2n) is 2.54. The Bertz CT molecular complexity index is 412. The fourth-order valence-electron chi connectivity index (χ4n) is 1.10. The first kappa shape index (κ1) is 8.26. The molecule has 66 valence electrons. The fraction of sp³-hybridized carbons (Fsp3) is 0. The molecule has 0 aliphatic carbocycles. The zero-order chi connectivity index (χ0) is 9.26. The fourth-order valence-corrected chi connectivity index (χ4v) is 1.31. The molecule has 0 fully saturated rings. The van der Waals surface area contributed by atoms with Gasteiger partial charge in [-0.05, 0) is 12.1 Å². The highest BCUT2D eigenvalue weighted by atomic mass is 35.5. The van der Waals surface area contributed by atoms with E-state index >= 15 is 0 Å². The summed E-state index contributed by atoms with van der Waals surface area (Å²) < 4.78 is 13.0. The standard InChI is InChI=1S/C9H6ClFN2/c10-8-6(2-1-3-7(8)11)9-12-4-5-13-9/h1-5H,(H,12,13). The normalized spacial score (nSPS) is 10.3. The number of aromatic amines is 1. The van der Waals surface area contributed by atoms with Crippen molar-refractivity contribution in [2.24, 2.45) is 0 Å². The Hall–Kier alpha value is -1.35. The third kappa shape index (κ3) is 1.42. The summed E-state index contributed by atoms with van der Waals surface area (Å²) in [4.78, 5) is 6.84. The van der Waals surface area contributed by atoms with Crippen LogP contribution in [0.5, 0.6) is 0 Å². The summed E-state index contributed by atoms with van der Waals surface area (Å²) >= 11 is 5.75. The van der Waals surface area contributed by atoms with Crippen LogP contribution in [0.15, 0.2) is 30.6 Å². The third-order valence-corrected chi connectivity index (χ3v) is 2.09. The summed E-state index contributed by atoms with van der Waals surface area (Å²) in [7, 11) is 0. The molecule has 1 N–H and O–H groups in total. The van der Waals surface area contributed by atoms with Crippen LogP contribution in [0.4, 0.5) is 4.39 Å². The largest absolute Gasteiger partial charge is 0.345 e. The minimum atomic E-state index is -0.435. The molecular weight excluding hydrogens is 191 g/mol. The van der Waals surface area contributed by atoms with Gasteiger partial charge >= 0.3 is 0 Å². The van der Waals surface area contributed by atoms with Crippen molar-refractivity contribution in [2.45, 2.75) is 0 Å². The predicted molar refractivity (Wildman–Crippen MR) is 49.0 cm³/mol. The third-order valence-electron chi connectivity index (χ3n) is 1.70. The highest BCUT2D eigenvalue weighted by Crippen LogP contribution is 2.26. The molecule has 2 rings (SSSR count). The van der Waals surface area contributed by atoms with Gasteiger partial charge in [0.05, 0.1) is 5.02 Å². The van der Waals surface area contributed by atoms with Crippen LogP contribution in [0.1, 0.15) is 0 Å². The van der Waals surface area contributed by atoms with Gasteiger partial charge in [0.1, 0.15) is 11.6 Å². The lowest BCUT2D eigenvalue weighted by Gasteiger charge is -2.00. The van der Waals surface area contributed by atoms with Crippen molar-refractivity contribution < 1.29 is 4.39 Å². The molecule has 1 aromatic carbocycles. The number of aromatic nitrogens is 2. The van der Waals surface area contributed by atoms with Crippen molar-refractivity contribution in [2.75, 3.05) is 0 Å². The van der Waals surface area contributed by atoms with Gasteiger partial charge in [-0.3, -0.25) is 0 Å². The van der Waals surface area contributed by atoms with E-state index in [-0.39, 0.29) is 5.02 Å². The van der Waals surface area contributed by atoms with Crippen molar-refractivity contribution in [1.82, 2.24) is 9.97 Å². The highest BCUT2D eigenvalue weighted by molar-refractivity contribution is 6.33. The number of halogens is 2. The van der Waals surface area contributed by atoms with E-state index in [9.17, 15) is 4.39 Å². The van der Waals surface area contributed by atoms with Crippen LogP contribution in [0.3, 0.4) is 0 Å². The maximum atomic E-state index is 13.0. The molecule has 0 radical (unpaired) electrons. The van der Waals surface area contributed by atoms with Crippen LogP contribution < -0.4 is 0 Å². The summed E-state index contributed by atoms with van der Waals surface area (Å²) in [6, 6.07) is 4.62. The summed E-state index contributed by atoms with van der Waals surface area (Å²) in [5, 5.41) is 0.0949. The summed E-state index contributed by atoms with van der Waals surface area (Å²) in [6.07, 6.45) is 3.26. The zero-order valence-corrected chi connectivity index (χ0v) is 7.35. The monoisotopic (exact) mass is 196 g/mol. The topological polar surface area (TPSA) is 28.7 Å². The molecule has 2 aromatic rings. The molecule has 0 saturated carbocycles. The van der Waals surface area contributed by atoms with E-state index in [0.717, 1.165) is 0 Å². The van der Waals surface area contributed by atoms with E-state index < -0.39 is 5.82 Å². The highest BCUT2D eigenvalue weighted by Gasteiger charge is 2.08. The minimum absolute atomic E-state index is 0.0949. The Morgan fingerprint density at radius 2 is 2.23 bits per heavy atom. The smallest absolute Gasteiger partial charge is 0.142 e. The molecule has 1 aromatic heterocycles. The van der Waals surface area contributed by atoms with E-state index in [1.54, 1.807) is 24.5 Å². The molecule has 13 heavy (non-hydrogen) atoms. The van der Waals surface area contributed by atoms with Gasteiger partial charge in [0.15, 0.2) is 0 Å². The second-order valence-corrected chi connectivity index (χ2v) is 2.92. The van der Waals surface area contributed by atoms with Gasteiger partial charge in [0.25, 0.3) is 0 Å². The van der Waals surface area contributed by atoms with Crippen LogP contribution in [0, 0.1) is 5.82 Å². The van der Waals surface area contributed by atoms with Crippen molar-refractivity contribution in [1.29, 1.82) is 0 Å². The van der Waals surface area contributed by atoms with Gasteiger partial charge in [0.2, 0.25) is 0 Å².